The number of fused-ring (bicyclic) bond motifs is 2. The molecule has 0 bridgehead atoms. The first kappa shape index (κ1) is 31.4. The summed E-state index contributed by atoms with van der Waals surface area (Å²) in [5, 5.41) is 4.72. The summed E-state index contributed by atoms with van der Waals surface area (Å²) in [6, 6.07) is 61.0. The second kappa shape index (κ2) is 13.4. The van der Waals surface area contributed by atoms with Crippen molar-refractivity contribution in [3.8, 4) is 78.5 Å². The Bertz CT molecular complexity index is 2820. The van der Waals surface area contributed by atoms with Crippen molar-refractivity contribution in [1.29, 1.82) is 0 Å². The molecule has 0 fully saturated rings. The highest BCUT2D eigenvalue weighted by atomic mass is 16.3. The maximum Gasteiger partial charge on any atom is 0.225 e. The fraction of sp³-hybridized carbons (Fsp3) is 0. The van der Waals surface area contributed by atoms with E-state index in [0.29, 0.717) is 11.8 Å². The van der Waals surface area contributed by atoms with Crippen molar-refractivity contribution in [3.05, 3.63) is 195 Å². The van der Waals surface area contributed by atoms with Crippen molar-refractivity contribution in [2.75, 3.05) is 0 Å². The normalized spacial score (nSPS) is 11.3. The Kier molecular flexibility index (Phi) is 7.77. The van der Waals surface area contributed by atoms with Crippen molar-refractivity contribution in [1.82, 2.24) is 9.97 Å². The number of hydrogen-bond acceptors (Lipinski definition) is 4. The van der Waals surface area contributed by atoms with E-state index in [2.05, 4.69) is 180 Å². The second-order valence-corrected chi connectivity index (χ2v) is 13.4. The lowest BCUT2D eigenvalue weighted by atomic mass is 9.84. The molecular weight excluding hydrogens is 661 g/mol. The molecule has 0 aliphatic rings. The van der Waals surface area contributed by atoms with E-state index in [-0.39, 0.29) is 0 Å². The van der Waals surface area contributed by atoms with Gasteiger partial charge in [-0.2, -0.15) is 0 Å². The van der Waals surface area contributed by atoms with Gasteiger partial charge in [-0.15, -0.1) is 0 Å². The molecule has 0 amide bonds. The average Bonchev–Trinajstić information content (AvgIpc) is 4.00. The number of hydrogen-bond donors (Lipinski definition) is 0. The standard InChI is InChI=1S/C50H32N2O2/c1-3-9-33(10-4-1)40-29-41(34-11-5-2-6-12-34)31-42(30-40)39-23-24-45-46(32-39)48(36-17-21-38(22-18-36)50-52-26-28-54-50)44-14-8-7-13-43(44)47(45)35-15-19-37(20-16-35)49-51-25-27-53-49/h1-32H. The molecule has 0 radical (unpaired) electrons. The molecular formula is C50H32N2O2. The van der Waals surface area contributed by atoms with Gasteiger partial charge in [0.05, 0.1) is 12.4 Å². The molecule has 4 nitrogen and oxygen atoms in total. The van der Waals surface area contributed by atoms with Gasteiger partial charge in [0.1, 0.15) is 12.5 Å². The quantitative estimate of drug-likeness (QED) is 0.156. The van der Waals surface area contributed by atoms with Crippen molar-refractivity contribution in [2.24, 2.45) is 0 Å². The van der Waals surface area contributed by atoms with E-state index in [4.69, 9.17) is 8.83 Å². The molecule has 0 saturated carbocycles. The van der Waals surface area contributed by atoms with Crippen molar-refractivity contribution >= 4 is 21.5 Å². The lowest BCUT2D eigenvalue weighted by Crippen LogP contribution is -1.92. The zero-order valence-electron chi connectivity index (χ0n) is 29.2. The van der Waals surface area contributed by atoms with Crippen molar-refractivity contribution < 1.29 is 8.83 Å². The van der Waals surface area contributed by atoms with Crippen LogP contribution in [0.2, 0.25) is 0 Å². The summed E-state index contributed by atoms with van der Waals surface area (Å²) >= 11 is 0. The highest BCUT2D eigenvalue weighted by Gasteiger charge is 2.19. The SMILES string of the molecule is c1ccc(-c2cc(-c3ccccc3)cc(-c3ccc4c(-c5ccc(-c6ncco6)cc5)c5ccccc5c(-c5ccc(-c6ncco6)cc5)c4c3)c2)cc1. The lowest BCUT2D eigenvalue weighted by Gasteiger charge is -2.19. The summed E-state index contributed by atoms with van der Waals surface area (Å²) in [6.07, 6.45) is 6.57. The van der Waals surface area contributed by atoms with Crippen LogP contribution < -0.4 is 0 Å². The molecule has 10 rings (SSSR count). The smallest absolute Gasteiger partial charge is 0.225 e. The summed E-state index contributed by atoms with van der Waals surface area (Å²) in [7, 11) is 0. The van der Waals surface area contributed by atoms with Gasteiger partial charge < -0.3 is 8.83 Å². The molecule has 0 atom stereocenters. The average molecular weight is 693 g/mol. The molecule has 54 heavy (non-hydrogen) atoms. The molecule has 0 aliphatic carbocycles. The second-order valence-electron chi connectivity index (χ2n) is 13.4. The molecule has 8 aromatic carbocycles. The largest absolute Gasteiger partial charge is 0.445 e. The summed E-state index contributed by atoms with van der Waals surface area (Å²) in [5.41, 5.74) is 13.5. The third-order valence-corrected chi connectivity index (χ3v) is 10.2. The van der Waals surface area contributed by atoms with Crippen LogP contribution in [0.4, 0.5) is 0 Å². The Morgan fingerprint density at radius 3 is 1.13 bits per heavy atom. The third kappa shape index (κ3) is 5.67. The van der Waals surface area contributed by atoms with Gasteiger partial charge in [-0.05, 0) is 126 Å². The highest BCUT2D eigenvalue weighted by Crippen LogP contribution is 2.46. The van der Waals surface area contributed by atoms with E-state index in [1.807, 2.05) is 0 Å². The number of aromatic nitrogens is 2. The predicted molar refractivity (Wildman–Crippen MR) is 220 cm³/mol. The molecule has 0 saturated heterocycles. The van der Waals surface area contributed by atoms with Crippen LogP contribution in [0.15, 0.2) is 204 Å². The number of rotatable bonds is 7. The van der Waals surface area contributed by atoms with Crippen LogP contribution in [0.3, 0.4) is 0 Å². The Hall–Kier alpha value is -7.30. The zero-order chi connectivity index (χ0) is 35.8. The fourth-order valence-electron chi connectivity index (χ4n) is 7.66. The van der Waals surface area contributed by atoms with Gasteiger partial charge in [-0.1, -0.05) is 121 Å². The minimum Gasteiger partial charge on any atom is -0.445 e. The Labute approximate surface area is 312 Å². The molecule has 0 aliphatic heterocycles. The summed E-state index contributed by atoms with van der Waals surface area (Å²) in [5.74, 6) is 1.21. The molecule has 2 heterocycles. The van der Waals surface area contributed by atoms with Gasteiger partial charge in [0.2, 0.25) is 11.8 Å². The van der Waals surface area contributed by atoms with E-state index in [1.165, 1.54) is 54.9 Å². The molecule has 0 unspecified atom stereocenters. The van der Waals surface area contributed by atoms with Crippen LogP contribution in [0.1, 0.15) is 0 Å². The highest BCUT2D eigenvalue weighted by molar-refractivity contribution is 6.22. The van der Waals surface area contributed by atoms with E-state index < -0.39 is 0 Å². The molecule has 4 heteroatoms. The van der Waals surface area contributed by atoms with Gasteiger partial charge in [0, 0.05) is 11.1 Å². The number of benzene rings is 8. The van der Waals surface area contributed by atoms with E-state index >= 15 is 0 Å². The van der Waals surface area contributed by atoms with E-state index in [1.54, 1.807) is 24.9 Å². The number of oxazole rings is 2. The van der Waals surface area contributed by atoms with Gasteiger partial charge in [-0.3, -0.25) is 0 Å². The molecule has 0 N–H and O–H groups in total. The van der Waals surface area contributed by atoms with Gasteiger partial charge in [0.25, 0.3) is 0 Å². The Balaban J connectivity index is 1.23. The third-order valence-electron chi connectivity index (χ3n) is 10.2. The maximum atomic E-state index is 5.63. The van der Waals surface area contributed by atoms with Crippen LogP contribution in [0, 0.1) is 0 Å². The zero-order valence-corrected chi connectivity index (χ0v) is 29.2. The Morgan fingerprint density at radius 2 is 0.667 bits per heavy atom. The predicted octanol–water partition coefficient (Wildman–Crippen LogP) is 13.6. The minimum atomic E-state index is 0.606. The molecule has 2 aromatic heterocycles. The Morgan fingerprint density at radius 1 is 0.278 bits per heavy atom. The molecule has 0 spiro atoms. The van der Waals surface area contributed by atoms with Crippen LogP contribution in [-0.2, 0) is 0 Å². The summed E-state index contributed by atoms with van der Waals surface area (Å²) in [6.45, 7) is 0. The minimum absolute atomic E-state index is 0.606. The summed E-state index contributed by atoms with van der Waals surface area (Å²) in [4.78, 5) is 8.75. The van der Waals surface area contributed by atoms with E-state index in [9.17, 15) is 0 Å². The lowest BCUT2D eigenvalue weighted by molar-refractivity contribution is 0.574. The van der Waals surface area contributed by atoms with Gasteiger partial charge in [-0.25, -0.2) is 9.97 Å². The molecule has 10 aromatic rings. The fourth-order valence-corrected chi connectivity index (χ4v) is 7.66. The van der Waals surface area contributed by atoms with Crippen LogP contribution in [0.5, 0.6) is 0 Å². The van der Waals surface area contributed by atoms with Crippen molar-refractivity contribution in [3.63, 3.8) is 0 Å². The van der Waals surface area contributed by atoms with Crippen LogP contribution >= 0.6 is 0 Å². The maximum absolute atomic E-state index is 5.63. The van der Waals surface area contributed by atoms with Gasteiger partial charge >= 0.3 is 0 Å². The van der Waals surface area contributed by atoms with Gasteiger partial charge in [0.15, 0.2) is 0 Å². The van der Waals surface area contributed by atoms with Crippen LogP contribution in [0.25, 0.3) is 100 Å². The van der Waals surface area contributed by atoms with Crippen LogP contribution in [-0.4, -0.2) is 9.97 Å². The first-order chi connectivity index (χ1) is 26.8. The molecule has 254 valence electrons. The first-order valence-corrected chi connectivity index (χ1v) is 18.0. The van der Waals surface area contributed by atoms with E-state index in [0.717, 1.165) is 33.4 Å². The monoisotopic (exact) mass is 692 g/mol. The van der Waals surface area contributed by atoms with Crippen molar-refractivity contribution in [2.45, 2.75) is 0 Å². The topological polar surface area (TPSA) is 52.1 Å². The summed E-state index contributed by atoms with van der Waals surface area (Å²) < 4.78 is 11.2. The number of nitrogens with zero attached hydrogens (tertiary/aromatic N) is 2. The first-order valence-electron chi connectivity index (χ1n) is 18.0.